The second kappa shape index (κ2) is 8.03. The Bertz CT molecular complexity index is 1130. The van der Waals surface area contributed by atoms with Crippen molar-refractivity contribution in [3.8, 4) is 0 Å². The first kappa shape index (κ1) is 22.5. The molecule has 2 aliphatic heterocycles. The van der Waals surface area contributed by atoms with E-state index in [-0.39, 0.29) is 50.3 Å². The number of carbonyl (C=O) groups is 1. The van der Waals surface area contributed by atoms with Crippen molar-refractivity contribution >= 4 is 27.8 Å². The van der Waals surface area contributed by atoms with Crippen molar-refractivity contribution in [2.45, 2.75) is 18.7 Å². The van der Waals surface area contributed by atoms with Crippen molar-refractivity contribution < 1.29 is 40.3 Å². The number of amides is 1. The Morgan fingerprint density at radius 3 is 2.69 bits per heavy atom. The van der Waals surface area contributed by atoms with E-state index >= 15 is 0 Å². The van der Waals surface area contributed by atoms with Crippen LogP contribution in [0.2, 0.25) is 0 Å². The SMILES string of the molecule is Cc1ccc(C(F)(F)F)cc1Nc1nc(C(=O)NS(=O)(=O)N2CCOC3(COC3)C2)co1. The van der Waals surface area contributed by atoms with E-state index in [1.165, 1.54) is 6.07 Å². The molecule has 1 aromatic heterocycles. The number of alkyl halides is 3. The molecular weight excluding hydrogens is 457 g/mol. The highest BCUT2D eigenvalue weighted by molar-refractivity contribution is 7.87. The second-order valence-electron chi connectivity index (χ2n) is 7.48. The van der Waals surface area contributed by atoms with Crippen molar-refractivity contribution in [3.05, 3.63) is 41.3 Å². The summed E-state index contributed by atoms with van der Waals surface area (Å²) >= 11 is 0. The van der Waals surface area contributed by atoms with Crippen molar-refractivity contribution in [3.63, 3.8) is 0 Å². The highest BCUT2D eigenvalue weighted by Crippen LogP contribution is 2.33. The first-order valence-electron chi connectivity index (χ1n) is 9.42. The van der Waals surface area contributed by atoms with Gasteiger partial charge in [-0.05, 0) is 24.6 Å². The van der Waals surface area contributed by atoms with E-state index in [1.54, 1.807) is 6.92 Å². The number of halogens is 3. The summed E-state index contributed by atoms with van der Waals surface area (Å²) in [5.74, 6) is -1.05. The molecule has 2 N–H and O–H groups in total. The molecule has 0 unspecified atom stereocenters. The topological polar surface area (TPSA) is 123 Å². The van der Waals surface area contributed by atoms with Crippen molar-refractivity contribution in [1.29, 1.82) is 0 Å². The molecule has 0 saturated carbocycles. The summed E-state index contributed by atoms with van der Waals surface area (Å²) in [5.41, 5.74) is -1.39. The molecule has 32 heavy (non-hydrogen) atoms. The molecule has 2 aliphatic rings. The lowest BCUT2D eigenvalue weighted by molar-refractivity contribution is -0.228. The van der Waals surface area contributed by atoms with Gasteiger partial charge < -0.3 is 19.2 Å². The number of ether oxygens (including phenoxy) is 2. The van der Waals surface area contributed by atoms with Gasteiger partial charge in [-0.3, -0.25) is 4.79 Å². The number of rotatable bonds is 5. The predicted octanol–water partition coefficient (Wildman–Crippen LogP) is 1.82. The summed E-state index contributed by atoms with van der Waals surface area (Å²) in [7, 11) is -4.19. The smallest absolute Gasteiger partial charge is 0.416 e. The number of aryl methyl sites for hydroxylation is 1. The Morgan fingerprint density at radius 2 is 2.03 bits per heavy atom. The fourth-order valence-corrected chi connectivity index (χ4v) is 4.43. The number of anilines is 2. The van der Waals surface area contributed by atoms with Crippen LogP contribution in [-0.2, 0) is 25.9 Å². The molecule has 2 saturated heterocycles. The molecule has 0 atom stereocenters. The number of morpholine rings is 1. The number of carbonyl (C=O) groups excluding carboxylic acids is 1. The Morgan fingerprint density at radius 1 is 1.28 bits per heavy atom. The van der Waals surface area contributed by atoms with Gasteiger partial charge in [-0.15, -0.1) is 0 Å². The van der Waals surface area contributed by atoms with Gasteiger partial charge in [-0.25, -0.2) is 4.72 Å². The molecule has 2 aromatic rings. The third-order valence-electron chi connectivity index (χ3n) is 5.05. The highest BCUT2D eigenvalue weighted by atomic mass is 32.2. The molecule has 1 amide bonds. The van der Waals surface area contributed by atoms with Crippen LogP contribution in [0.4, 0.5) is 24.9 Å². The average Bonchev–Trinajstić information content (AvgIpc) is 3.16. The summed E-state index contributed by atoms with van der Waals surface area (Å²) < 4.78 is 82.7. The number of hydrogen-bond donors (Lipinski definition) is 2. The minimum absolute atomic E-state index is 0.0378. The Labute approximate surface area is 180 Å². The lowest BCUT2D eigenvalue weighted by Crippen LogP contribution is -2.64. The van der Waals surface area contributed by atoms with Crippen LogP contribution in [0, 0.1) is 6.92 Å². The van der Waals surface area contributed by atoms with Crippen LogP contribution < -0.4 is 10.0 Å². The van der Waals surface area contributed by atoms with Crippen LogP contribution in [0.1, 0.15) is 21.6 Å². The van der Waals surface area contributed by atoms with E-state index in [0.717, 1.165) is 22.7 Å². The zero-order valence-corrected chi connectivity index (χ0v) is 17.5. The molecular formula is C18H19F3N4O6S. The van der Waals surface area contributed by atoms with E-state index in [4.69, 9.17) is 13.9 Å². The quantitative estimate of drug-likeness (QED) is 0.670. The maximum atomic E-state index is 12.9. The molecule has 0 aliphatic carbocycles. The summed E-state index contributed by atoms with van der Waals surface area (Å²) in [6.45, 7) is 2.36. The maximum Gasteiger partial charge on any atom is 0.416 e. The number of oxazole rings is 1. The Kier molecular flexibility index (Phi) is 5.65. The zero-order chi connectivity index (χ0) is 23.1. The fourth-order valence-electron chi connectivity index (χ4n) is 3.24. The minimum Gasteiger partial charge on any atom is -0.431 e. The van der Waals surface area contributed by atoms with Gasteiger partial charge in [0, 0.05) is 18.8 Å². The molecule has 174 valence electrons. The monoisotopic (exact) mass is 476 g/mol. The first-order chi connectivity index (χ1) is 15.0. The molecule has 0 bridgehead atoms. The number of nitrogens with one attached hydrogen (secondary N) is 2. The molecule has 0 radical (unpaired) electrons. The first-order valence-corrected chi connectivity index (χ1v) is 10.9. The highest BCUT2D eigenvalue weighted by Gasteiger charge is 2.46. The van der Waals surface area contributed by atoms with Gasteiger partial charge in [0.2, 0.25) is 0 Å². The molecule has 2 fully saturated rings. The third-order valence-corrected chi connectivity index (χ3v) is 6.48. The fraction of sp³-hybridized carbons (Fsp3) is 0.444. The molecule has 1 aromatic carbocycles. The van der Waals surface area contributed by atoms with Gasteiger partial charge in [0.15, 0.2) is 5.69 Å². The summed E-state index contributed by atoms with van der Waals surface area (Å²) in [6.07, 6.45) is -3.64. The van der Waals surface area contributed by atoms with Gasteiger partial charge in [0.25, 0.3) is 11.9 Å². The standard InChI is InChI=1S/C18H19F3N4O6S/c1-11-2-3-12(18(19,20)21)6-13(11)22-16-23-14(7-30-16)15(26)24-32(27,28)25-4-5-31-17(8-25)9-29-10-17/h2-3,6-7H,4-5,8-10H2,1H3,(H,22,23)(H,24,26). The number of hydrogen-bond acceptors (Lipinski definition) is 8. The largest absolute Gasteiger partial charge is 0.431 e. The van der Waals surface area contributed by atoms with Crippen LogP contribution >= 0.6 is 0 Å². The maximum absolute atomic E-state index is 12.9. The molecule has 10 nitrogen and oxygen atoms in total. The molecule has 3 heterocycles. The summed E-state index contributed by atoms with van der Waals surface area (Å²) in [6, 6.07) is 2.82. The van der Waals surface area contributed by atoms with E-state index in [9.17, 15) is 26.4 Å². The number of nitrogens with zero attached hydrogens (tertiary/aromatic N) is 2. The van der Waals surface area contributed by atoms with Crippen molar-refractivity contribution in [2.24, 2.45) is 0 Å². The number of aromatic nitrogens is 1. The van der Waals surface area contributed by atoms with E-state index in [0.29, 0.717) is 5.56 Å². The third kappa shape index (κ3) is 4.57. The van der Waals surface area contributed by atoms with Crippen molar-refractivity contribution in [1.82, 2.24) is 14.0 Å². The van der Waals surface area contributed by atoms with Crippen LogP contribution in [0.5, 0.6) is 0 Å². The van der Waals surface area contributed by atoms with Gasteiger partial charge in [-0.1, -0.05) is 6.07 Å². The van der Waals surface area contributed by atoms with E-state index in [2.05, 4.69) is 10.3 Å². The van der Waals surface area contributed by atoms with Gasteiger partial charge >= 0.3 is 16.4 Å². The van der Waals surface area contributed by atoms with Crippen LogP contribution in [0.3, 0.4) is 0 Å². The van der Waals surface area contributed by atoms with Crippen LogP contribution in [0.25, 0.3) is 0 Å². The van der Waals surface area contributed by atoms with Gasteiger partial charge in [-0.2, -0.15) is 30.9 Å². The second-order valence-corrected chi connectivity index (χ2v) is 9.16. The van der Waals surface area contributed by atoms with Crippen molar-refractivity contribution in [2.75, 3.05) is 38.2 Å². The Balaban J connectivity index is 1.44. The van der Waals surface area contributed by atoms with Crippen LogP contribution in [-0.4, -0.2) is 62.1 Å². The van der Waals surface area contributed by atoms with E-state index < -0.39 is 33.5 Å². The average molecular weight is 476 g/mol. The number of benzene rings is 1. The minimum atomic E-state index is -4.54. The molecule has 14 heteroatoms. The van der Waals surface area contributed by atoms with E-state index in [1.807, 2.05) is 4.72 Å². The molecule has 4 rings (SSSR count). The summed E-state index contributed by atoms with van der Waals surface area (Å²) in [5, 5.41) is 2.56. The molecule has 1 spiro atoms. The predicted molar refractivity (Wildman–Crippen MR) is 103 cm³/mol. The zero-order valence-electron chi connectivity index (χ0n) is 16.7. The van der Waals surface area contributed by atoms with Gasteiger partial charge in [0.05, 0.1) is 25.4 Å². The summed E-state index contributed by atoms with van der Waals surface area (Å²) in [4.78, 5) is 16.2. The van der Waals surface area contributed by atoms with Gasteiger partial charge in [0.1, 0.15) is 11.9 Å². The van der Waals surface area contributed by atoms with Crippen LogP contribution in [0.15, 0.2) is 28.9 Å². The lowest BCUT2D eigenvalue weighted by Gasteiger charge is -2.46. The Hall–Kier alpha value is -2.68. The lowest BCUT2D eigenvalue weighted by atomic mass is 10.0. The normalized spacial score (nSPS) is 18.9.